The standard InChI is InChI=1S/C42H25FN2O2/c43-26-16-18-27(19-17-26)45-35-11-4-1-8-30(35)33-24-28(20-22-36(33)45)44(29-21-23-40-34(25-29)31-9-2-5-13-38(31)46-40)37-12-7-15-41-42(37)32-10-3-6-14-39(32)47-41/h1-25H. The summed E-state index contributed by atoms with van der Waals surface area (Å²) in [7, 11) is 0. The predicted molar refractivity (Wildman–Crippen MR) is 190 cm³/mol. The van der Waals surface area contributed by atoms with E-state index in [1.807, 2.05) is 54.6 Å². The van der Waals surface area contributed by atoms with E-state index in [1.54, 1.807) is 0 Å². The van der Waals surface area contributed by atoms with Crippen molar-refractivity contribution in [2.75, 3.05) is 4.90 Å². The fraction of sp³-hybridized carbons (Fsp3) is 0. The second-order valence-electron chi connectivity index (χ2n) is 11.9. The van der Waals surface area contributed by atoms with Gasteiger partial charge in [0.15, 0.2) is 0 Å². The van der Waals surface area contributed by atoms with Crippen LogP contribution in [-0.2, 0) is 0 Å². The molecule has 10 rings (SSSR count). The second-order valence-corrected chi connectivity index (χ2v) is 11.9. The van der Waals surface area contributed by atoms with Crippen LogP contribution in [0.3, 0.4) is 0 Å². The highest BCUT2D eigenvalue weighted by atomic mass is 19.1. The number of fused-ring (bicyclic) bond motifs is 9. The summed E-state index contributed by atoms with van der Waals surface area (Å²) in [4.78, 5) is 2.31. The molecule has 0 saturated carbocycles. The first-order valence-electron chi connectivity index (χ1n) is 15.6. The quantitative estimate of drug-likeness (QED) is 0.199. The van der Waals surface area contributed by atoms with E-state index >= 15 is 0 Å². The maximum Gasteiger partial charge on any atom is 0.137 e. The monoisotopic (exact) mass is 608 g/mol. The van der Waals surface area contributed by atoms with Gasteiger partial charge in [0.05, 0.1) is 22.1 Å². The molecule has 0 spiro atoms. The number of para-hydroxylation sites is 3. The van der Waals surface area contributed by atoms with E-state index in [1.165, 1.54) is 12.1 Å². The van der Waals surface area contributed by atoms with Crippen LogP contribution in [0.25, 0.3) is 71.4 Å². The maximum absolute atomic E-state index is 13.9. The smallest absolute Gasteiger partial charge is 0.137 e. The van der Waals surface area contributed by atoms with Crippen LogP contribution in [0.4, 0.5) is 21.5 Å². The number of benzene rings is 7. The Morgan fingerprint density at radius 3 is 1.87 bits per heavy atom. The van der Waals surface area contributed by atoms with Gasteiger partial charge in [0.1, 0.15) is 28.1 Å². The molecule has 222 valence electrons. The summed E-state index contributed by atoms with van der Waals surface area (Å²) in [5.41, 5.74) is 9.44. The molecule has 5 heteroatoms. The highest BCUT2D eigenvalue weighted by molar-refractivity contribution is 6.15. The van der Waals surface area contributed by atoms with E-state index in [2.05, 4.69) is 94.4 Å². The highest BCUT2D eigenvalue weighted by Gasteiger charge is 2.22. The van der Waals surface area contributed by atoms with E-state index < -0.39 is 0 Å². The Hall–Kier alpha value is -6.33. The first kappa shape index (κ1) is 25.9. The fourth-order valence-electron chi connectivity index (χ4n) is 7.19. The molecule has 0 radical (unpaired) electrons. The topological polar surface area (TPSA) is 34.5 Å². The molecule has 47 heavy (non-hydrogen) atoms. The molecule has 0 saturated heterocycles. The summed E-state index contributed by atoms with van der Waals surface area (Å²) in [5, 5.41) is 6.47. The minimum absolute atomic E-state index is 0.254. The van der Waals surface area contributed by atoms with Gasteiger partial charge in [-0.3, -0.25) is 0 Å². The summed E-state index contributed by atoms with van der Waals surface area (Å²) in [5.74, 6) is -0.254. The molecule has 0 N–H and O–H groups in total. The van der Waals surface area contributed by atoms with E-state index in [0.717, 1.165) is 88.4 Å². The SMILES string of the molecule is Fc1ccc(-n2c3ccccc3c3cc(N(c4ccc5oc6ccccc6c5c4)c4cccc5oc6ccccc6c45)ccc32)cc1. The van der Waals surface area contributed by atoms with Gasteiger partial charge in [-0.05, 0) is 91.0 Å². The van der Waals surface area contributed by atoms with Crippen molar-refractivity contribution in [3.63, 3.8) is 0 Å². The van der Waals surface area contributed by atoms with Crippen LogP contribution < -0.4 is 4.90 Å². The van der Waals surface area contributed by atoms with Crippen molar-refractivity contribution in [2.24, 2.45) is 0 Å². The van der Waals surface area contributed by atoms with Crippen molar-refractivity contribution in [2.45, 2.75) is 0 Å². The van der Waals surface area contributed by atoms with Gasteiger partial charge in [0, 0.05) is 44.0 Å². The van der Waals surface area contributed by atoms with Gasteiger partial charge >= 0.3 is 0 Å². The zero-order valence-corrected chi connectivity index (χ0v) is 25.0. The third-order valence-electron chi connectivity index (χ3n) is 9.24. The first-order chi connectivity index (χ1) is 23.2. The molecule has 0 bridgehead atoms. The second kappa shape index (κ2) is 9.83. The number of halogens is 1. The Morgan fingerprint density at radius 2 is 1.04 bits per heavy atom. The number of hydrogen-bond donors (Lipinski definition) is 0. The minimum Gasteiger partial charge on any atom is -0.456 e. The van der Waals surface area contributed by atoms with Crippen LogP contribution in [-0.4, -0.2) is 4.57 Å². The van der Waals surface area contributed by atoms with Crippen LogP contribution >= 0.6 is 0 Å². The van der Waals surface area contributed by atoms with Crippen LogP contribution in [0.1, 0.15) is 0 Å². The average Bonchev–Trinajstić information content (AvgIpc) is 3.78. The lowest BCUT2D eigenvalue weighted by Crippen LogP contribution is -2.10. The van der Waals surface area contributed by atoms with Gasteiger partial charge in [-0.25, -0.2) is 4.39 Å². The Morgan fingerprint density at radius 1 is 0.447 bits per heavy atom. The lowest BCUT2D eigenvalue weighted by atomic mass is 10.1. The largest absolute Gasteiger partial charge is 0.456 e. The normalized spacial score (nSPS) is 11.9. The van der Waals surface area contributed by atoms with Gasteiger partial charge in [-0.15, -0.1) is 0 Å². The molecule has 0 unspecified atom stereocenters. The van der Waals surface area contributed by atoms with Crippen molar-refractivity contribution >= 4 is 82.7 Å². The van der Waals surface area contributed by atoms with Crippen LogP contribution in [0.2, 0.25) is 0 Å². The molecule has 3 aromatic heterocycles. The Bertz CT molecular complexity index is 2820. The van der Waals surface area contributed by atoms with Crippen molar-refractivity contribution in [1.29, 1.82) is 0 Å². The third kappa shape index (κ3) is 3.87. The number of nitrogens with zero attached hydrogens (tertiary/aromatic N) is 2. The van der Waals surface area contributed by atoms with Gasteiger partial charge in [-0.2, -0.15) is 0 Å². The van der Waals surface area contributed by atoms with Crippen LogP contribution in [0, 0.1) is 5.82 Å². The zero-order valence-electron chi connectivity index (χ0n) is 25.0. The number of rotatable bonds is 4. The molecule has 0 fully saturated rings. The summed E-state index contributed by atoms with van der Waals surface area (Å²) >= 11 is 0. The molecule has 4 nitrogen and oxygen atoms in total. The average molecular weight is 609 g/mol. The lowest BCUT2D eigenvalue weighted by Gasteiger charge is -2.26. The van der Waals surface area contributed by atoms with E-state index in [-0.39, 0.29) is 5.82 Å². The van der Waals surface area contributed by atoms with Crippen molar-refractivity contribution in [1.82, 2.24) is 4.57 Å². The van der Waals surface area contributed by atoms with Gasteiger partial charge in [-0.1, -0.05) is 60.7 Å². The molecule has 0 aliphatic heterocycles. The van der Waals surface area contributed by atoms with Crippen LogP contribution in [0.5, 0.6) is 0 Å². The number of furan rings is 2. The summed E-state index contributed by atoms with van der Waals surface area (Å²) in [6.45, 7) is 0. The number of hydrogen-bond acceptors (Lipinski definition) is 3. The van der Waals surface area contributed by atoms with E-state index in [9.17, 15) is 4.39 Å². The molecule has 0 atom stereocenters. The summed E-state index contributed by atoms with van der Waals surface area (Å²) in [6.07, 6.45) is 0. The molecule has 0 amide bonds. The van der Waals surface area contributed by atoms with Gasteiger partial charge in [0.2, 0.25) is 0 Å². The minimum atomic E-state index is -0.254. The van der Waals surface area contributed by atoms with Crippen molar-refractivity contribution < 1.29 is 13.2 Å². The molecule has 3 heterocycles. The Kier molecular flexibility index (Phi) is 5.43. The molecule has 0 aliphatic rings. The van der Waals surface area contributed by atoms with Crippen LogP contribution in [0.15, 0.2) is 160 Å². The molecule has 7 aromatic carbocycles. The van der Waals surface area contributed by atoms with Crippen molar-refractivity contribution in [3.05, 3.63) is 157 Å². The molecular weight excluding hydrogens is 583 g/mol. The molecule has 0 aliphatic carbocycles. The lowest BCUT2D eigenvalue weighted by molar-refractivity contribution is 0.627. The molecule has 10 aromatic rings. The van der Waals surface area contributed by atoms with Gasteiger partial charge < -0.3 is 18.3 Å². The van der Waals surface area contributed by atoms with Crippen molar-refractivity contribution in [3.8, 4) is 5.69 Å². The summed E-state index contributed by atoms with van der Waals surface area (Å²) < 4.78 is 28.7. The highest BCUT2D eigenvalue weighted by Crippen LogP contribution is 2.45. The first-order valence-corrected chi connectivity index (χ1v) is 15.6. The number of anilines is 3. The third-order valence-corrected chi connectivity index (χ3v) is 9.24. The number of aromatic nitrogens is 1. The van der Waals surface area contributed by atoms with E-state index in [0.29, 0.717) is 0 Å². The Labute approximate surface area is 268 Å². The summed E-state index contributed by atoms with van der Waals surface area (Å²) in [6, 6.07) is 50.7. The predicted octanol–water partition coefficient (Wildman–Crippen LogP) is 12.2. The molecular formula is C42H25FN2O2. The zero-order chi connectivity index (χ0) is 31.1. The maximum atomic E-state index is 13.9. The fourth-order valence-corrected chi connectivity index (χ4v) is 7.19. The Balaban J connectivity index is 1.28. The van der Waals surface area contributed by atoms with E-state index in [4.69, 9.17) is 8.83 Å². The van der Waals surface area contributed by atoms with Gasteiger partial charge in [0.25, 0.3) is 0 Å².